The summed E-state index contributed by atoms with van der Waals surface area (Å²) in [6, 6.07) is 18.4. The minimum absolute atomic E-state index is 0.0166. The van der Waals surface area contributed by atoms with Gasteiger partial charge in [0.05, 0.1) is 0 Å². The van der Waals surface area contributed by atoms with Gasteiger partial charge < -0.3 is 10.4 Å². The van der Waals surface area contributed by atoms with Crippen LogP contribution >= 0.6 is 0 Å². The lowest BCUT2D eigenvalue weighted by atomic mass is 9.80. The van der Waals surface area contributed by atoms with Crippen LogP contribution in [0.5, 0.6) is 0 Å². The smallest absolute Gasteiger partial charge is 0.141 e. The van der Waals surface area contributed by atoms with Gasteiger partial charge in [0.25, 0.3) is 0 Å². The first kappa shape index (κ1) is 16.8. The van der Waals surface area contributed by atoms with E-state index in [2.05, 4.69) is 48.3 Å². The molecule has 2 atom stereocenters. The normalized spacial score (nSPS) is 23.3. The van der Waals surface area contributed by atoms with Crippen LogP contribution in [-0.4, -0.2) is 16.7 Å². The number of aryl methyl sites for hydroxylation is 1. The number of aliphatic hydroxyl groups is 1. The van der Waals surface area contributed by atoms with Gasteiger partial charge in [0.2, 0.25) is 0 Å². The highest BCUT2D eigenvalue weighted by Crippen LogP contribution is 2.28. The lowest BCUT2D eigenvalue weighted by Gasteiger charge is -2.36. The zero-order chi connectivity index (χ0) is 16.8. The first-order valence-electron chi connectivity index (χ1n) is 8.75. The summed E-state index contributed by atoms with van der Waals surface area (Å²) in [5, 5.41) is 14.6. The Hall–Kier alpha value is -2.08. The summed E-state index contributed by atoms with van der Waals surface area (Å²) in [5.74, 6) is 6.31. The molecule has 1 fully saturated rings. The van der Waals surface area contributed by atoms with E-state index >= 15 is 0 Å². The Bertz CT molecular complexity index is 728. The van der Waals surface area contributed by atoms with Crippen LogP contribution in [0.4, 0.5) is 0 Å². The van der Waals surface area contributed by atoms with Crippen LogP contribution in [0.2, 0.25) is 0 Å². The summed E-state index contributed by atoms with van der Waals surface area (Å²) in [6.45, 7) is 2.87. The van der Waals surface area contributed by atoms with E-state index in [-0.39, 0.29) is 6.04 Å². The number of rotatable bonds is 3. The van der Waals surface area contributed by atoms with Crippen molar-refractivity contribution in [3.8, 4) is 11.8 Å². The fourth-order valence-corrected chi connectivity index (χ4v) is 3.34. The Morgan fingerprint density at radius 3 is 2.75 bits per heavy atom. The molecule has 0 spiro atoms. The third-order valence-electron chi connectivity index (χ3n) is 4.71. The van der Waals surface area contributed by atoms with Crippen molar-refractivity contribution in [1.82, 2.24) is 5.32 Å². The van der Waals surface area contributed by atoms with E-state index in [1.165, 1.54) is 11.1 Å². The van der Waals surface area contributed by atoms with E-state index in [1.807, 2.05) is 30.3 Å². The summed E-state index contributed by atoms with van der Waals surface area (Å²) < 4.78 is 0. The molecule has 1 saturated carbocycles. The lowest BCUT2D eigenvalue weighted by Crippen LogP contribution is -2.51. The third-order valence-corrected chi connectivity index (χ3v) is 4.71. The first-order chi connectivity index (χ1) is 11.7. The molecule has 0 aromatic heterocycles. The molecule has 2 nitrogen and oxygen atoms in total. The Morgan fingerprint density at radius 2 is 1.96 bits per heavy atom. The molecule has 2 heteroatoms. The molecule has 2 N–H and O–H groups in total. The van der Waals surface area contributed by atoms with E-state index in [0.717, 1.165) is 37.8 Å². The van der Waals surface area contributed by atoms with Crippen LogP contribution in [0.3, 0.4) is 0 Å². The lowest BCUT2D eigenvalue weighted by molar-refractivity contribution is 0.0254. The topological polar surface area (TPSA) is 32.3 Å². The van der Waals surface area contributed by atoms with Crippen LogP contribution < -0.4 is 5.32 Å². The molecule has 24 heavy (non-hydrogen) atoms. The molecule has 0 aliphatic heterocycles. The molecule has 0 amide bonds. The summed E-state index contributed by atoms with van der Waals surface area (Å²) in [6.07, 6.45) is 3.87. The fourth-order valence-electron chi connectivity index (χ4n) is 3.34. The summed E-state index contributed by atoms with van der Waals surface area (Å²) in [5.41, 5.74) is 2.52. The van der Waals surface area contributed by atoms with Gasteiger partial charge in [-0.25, -0.2) is 0 Å². The predicted octanol–water partition coefficient (Wildman–Crippen LogP) is 3.81. The van der Waals surface area contributed by atoms with Crippen molar-refractivity contribution < 1.29 is 5.11 Å². The maximum Gasteiger partial charge on any atom is 0.141 e. The molecule has 0 radical (unpaired) electrons. The van der Waals surface area contributed by atoms with Crippen molar-refractivity contribution in [1.29, 1.82) is 0 Å². The third kappa shape index (κ3) is 4.26. The SMILES string of the molecule is Cc1cccc(CN[C@H]2CCCC[C@@]2(O)C#Cc2ccccc2)c1. The Labute approximate surface area is 144 Å². The molecule has 0 saturated heterocycles. The monoisotopic (exact) mass is 319 g/mol. The summed E-state index contributed by atoms with van der Waals surface area (Å²) in [7, 11) is 0. The van der Waals surface area contributed by atoms with E-state index in [9.17, 15) is 5.11 Å². The average molecular weight is 319 g/mol. The maximum absolute atomic E-state index is 11.1. The van der Waals surface area contributed by atoms with Gasteiger partial charge in [-0.1, -0.05) is 66.3 Å². The average Bonchev–Trinajstić information content (AvgIpc) is 2.60. The number of nitrogens with one attached hydrogen (secondary N) is 1. The van der Waals surface area contributed by atoms with Gasteiger partial charge in [-0.05, 0) is 43.9 Å². The van der Waals surface area contributed by atoms with E-state index in [4.69, 9.17) is 0 Å². The standard InChI is InChI=1S/C22H25NO/c1-18-8-7-11-20(16-18)17-23-21-12-5-6-14-22(21,24)15-13-19-9-3-2-4-10-19/h2-4,7-11,16,21,23-24H,5-6,12,14,17H2,1H3/t21-,22+/m0/s1. The van der Waals surface area contributed by atoms with Crippen molar-refractivity contribution in [2.75, 3.05) is 0 Å². The van der Waals surface area contributed by atoms with Gasteiger partial charge in [-0.15, -0.1) is 0 Å². The zero-order valence-corrected chi connectivity index (χ0v) is 14.3. The van der Waals surface area contributed by atoms with Crippen molar-refractivity contribution in [3.05, 3.63) is 71.3 Å². The number of hydrogen-bond acceptors (Lipinski definition) is 2. The second-order valence-electron chi connectivity index (χ2n) is 6.71. The molecule has 1 aliphatic carbocycles. The van der Waals surface area contributed by atoms with Gasteiger partial charge in [0, 0.05) is 18.2 Å². The van der Waals surface area contributed by atoms with Crippen LogP contribution in [0.25, 0.3) is 0 Å². The summed E-state index contributed by atoms with van der Waals surface area (Å²) >= 11 is 0. The molecule has 0 unspecified atom stereocenters. The van der Waals surface area contributed by atoms with E-state index < -0.39 is 5.60 Å². The minimum atomic E-state index is -0.947. The van der Waals surface area contributed by atoms with Crippen LogP contribution in [0.15, 0.2) is 54.6 Å². The Morgan fingerprint density at radius 1 is 1.12 bits per heavy atom. The number of hydrogen-bond donors (Lipinski definition) is 2. The van der Waals surface area contributed by atoms with Crippen molar-refractivity contribution in [3.63, 3.8) is 0 Å². The Balaban J connectivity index is 1.72. The van der Waals surface area contributed by atoms with Gasteiger partial charge in [-0.2, -0.15) is 0 Å². The van der Waals surface area contributed by atoms with Crippen molar-refractivity contribution >= 4 is 0 Å². The molecule has 1 aliphatic rings. The second kappa shape index (κ2) is 7.66. The highest BCUT2D eigenvalue weighted by atomic mass is 16.3. The quantitative estimate of drug-likeness (QED) is 0.843. The molecule has 0 heterocycles. The van der Waals surface area contributed by atoms with Gasteiger partial charge >= 0.3 is 0 Å². The maximum atomic E-state index is 11.1. The first-order valence-corrected chi connectivity index (χ1v) is 8.75. The molecule has 0 bridgehead atoms. The van der Waals surface area contributed by atoms with E-state index in [1.54, 1.807) is 0 Å². The van der Waals surface area contributed by atoms with Crippen molar-refractivity contribution in [2.45, 2.75) is 50.8 Å². The Kier molecular flexibility index (Phi) is 5.35. The molecule has 124 valence electrons. The van der Waals surface area contributed by atoms with Gasteiger partial charge in [0.1, 0.15) is 5.60 Å². The van der Waals surface area contributed by atoms with Gasteiger partial charge in [0.15, 0.2) is 0 Å². The highest BCUT2D eigenvalue weighted by molar-refractivity contribution is 5.37. The fraction of sp³-hybridized carbons (Fsp3) is 0.364. The molecule has 2 aromatic carbocycles. The highest BCUT2D eigenvalue weighted by Gasteiger charge is 2.37. The second-order valence-corrected chi connectivity index (χ2v) is 6.71. The summed E-state index contributed by atoms with van der Waals surface area (Å²) in [4.78, 5) is 0. The van der Waals surface area contributed by atoms with Crippen LogP contribution in [0.1, 0.15) is 42.4 Å². The largest absolute Gasteiger partial charge is 0.376 e. The predicted molar refractivity (Wildman–Crippen MR) is 98.5 cm³/mol. The van der Waals surface area contributed by atoms with Crippen molar-refractivity contribution in [2.24, 2.45) is 0 Å². The molecular weight excluding hydrogens is 294 g/mol. The minimum Gasteiger partial charge on any atom is -0.376 e. The zero-order valence-electron chi connectivity index (χ0n) is 14.3. The van der Waals surface area contributed by atoms with E-state index in [0.29, 0.717) is 0 Å². The molecule has 2 aromatic rings. The molecular formula is C22H25NO. The van der Waals surface area contributed by atoms with Crippen LogP contribution in [0, 0.1) is 18.8 Å². The molecule has 3 rings (SSSR count). The van der Waals surface area contributed by atoms with Crippen LogP contribution in [-0.2, 0) is 6.54 Å². The van der Waals surface area contributed by atoms with Gasteiger partial charge in [-0.3, -0.25) is 0 Å². The number of benzene rings is 2.